The maximum Gasteiger partial charge on any atom is 0.335 e. The van der Waals surface area contributed by atoms with Crippen LogP contribution in [-0.4, -0.2) is 17.2 Å². The van der Waals surface area contributed by atoms with Crippen molar-refractivity contribution in [1.29, 1.82) is 0 Å². The molecular formula is C17H12F2O3. The van der Waals surface area contributed by atoms with Crippen molar-refractivity contribution in [3.05, 3.63) is 70.8 Å². The van der Waals surface area contributed by atoms with Gasteiger partial charge in [0.25, 0.3) is 0 Å². The number of ether oxygens (including phenoxy) is 1. The van der Waals surface area contributed by atoms with Crippen LogP contribution in [-0.2, 0) is 0 Å². The van der Waals surface area contributed by atoms with E-state index in [1.54, 1.807) is 12.1 Å². The van der Waals surface area contributed by atoms with E-state index in [2.05, 4.69) is 0 Å². The number of rotatable bonds is 2. The normalized spacial score (nSPS) is 16.5. The predicted octanol–water partition coefficient (Wildman–Crippen LogP) is 3.88. The first-order valence-electron chi connectivity index (χ1n) is 6.67. The summed E-state index contributed by atoms with van der Waals surface area (Å²) >= 11 is 0. The van der Waals surface area contributed by atoms with Gasteiger partial charge in [-0.25, -0.2) is 13.6 Å². The summed E-state index contributed by atoms with van der Waals surface area (Å²) in [4.78, 5) is 11.1. The Morgan fingerprint density at radius 2 is 1.91 bits per heavy atom. The smallest absolute Gasteiger partial charge is 0.335 e. The van der Waals surface area contributed by atoms with Gasteiger partial charge >= 0.3 is 5.97 Å². The molecule has 3 nitrogen and oxygen atoms in total. The fourth-order valence-electron chi connectivity index (χ4n) is 2.45. The zero-order valence-corrected chi connectivity index (χ0v) is 11.6. The first-order chi connectivity index (χ1) is 10.5. The lowest BCUT2D eigenvalue weighted by atomic mass is 9.92. The third-order valence-electron chi connectivity index (χ3n) is 3.46. The zero-order valence-electron chi connectivity index (χ0n) is 11.6. The van der Waals surface area contributed by atoms with Crippen LogP contribution in [0.5, 0.6) is 5.75 Å². The minimum absolute atomic E-state index is 0.102. The van der Waals surface area contributed by atoms with E-state index in [9.17, 15) is 13.6 Å². The van der Waals surface area contributed by atoms with Gasteiger partial charge in [-0.15, -0.1) is 0 Å². The van der Waals surface area contributed by atoms with Gasteiger partial charge in [-0.05, 0) is 54.5 Å². The van der Waals surface area contributed by atoms with E-state index in [0.29, 0.717) is 22.4 Å². The molecular weight excluding hydrogens is 290 g/mol. The molecule has 2 aromatic rings. The van der Waals surface area contributed by atoms with Gasteiger partial charge in [-0.3, -0.25) is 0 Å². The summed E-state index contributed by atoms with van der Waals surface area (Å²) < 4.78 is 32.2. The van der Waals surface area contributed by atoms with Crippen LogP contribution in [0.4, 0.5) is 8.78 Å². The molecule has 1 aliphatic rings. The highest BCUT2D eigenvalue weighted by molar-refractivity contribution is 5.92. The van der Waals surface area contributed by atoms with Gasteiger partial charge < -0.3 is 9.84 Å². The predicted molar refractivity (Wildman–Crippen MR) is 76.9 cm³/mol. The van der Waals surface area contributed by atoms with Gasteiger partial charge in [0, 0.05) is 5.56 Å². The number of hydrogen-bond acceptors (Lipinski definition) is 2. The molecule has 3 rings (SSSR count). The molecule has 0 bridgehead atoms. The van der Waals surface area contributed by atoms with Crippen LogP contribution < -0.4 is 4.74 Å². The Labute approximate surface area is 125 Å². The Balaban J connectivity index is 2.17. The molecule has 1 heterocycles. The minimum atomic E-state index is -1.06. The third-order valence-corrected chi connectivity index (χ3v) is 3.46. The SMILES string of the molecule is CC1C=C(c2ccc(F)c(F)c2)c2cc(C(=O)O)ccc2O1. The summed E-state index contributed by atoms with van der Waals surface area (Å²) in [6, 6.07) is 8.09. The highest BCUT2D eigenvalue weighted by atomic mass is 19.2. The molecule has 1 unspecified atom stereocenters. The summed E-state index contributed by atoms with van der Waals surface area (Å²) in [6.45, 7) is 1.81. The van der Waals surface area contributed by atoms with E-state index in [0.717, 1.165) is 12.1 Å². The summed E-state index contributed by atoms with van der Waals surface area (Å²) in [5, 5.41) is 9.11. The molecule has 0 aliphatic carbocycles. The number of carboxylic acids is 1. The van der Waals surface area contributed by atoms with Gasteiger partial charge in [0.1, 0.15) is 11.9 Å². The molecule has 2 aromatic carbocycles. The zero-order chi connectivity index (χ0) is 15.9. The van der Waals surface area contributed by atoms with E-state index in [-0.39, 0.29) is 11.7 Å². The Morgan fingerprint density at radius 3 is 2.59 bits per heavy atom. The van der Waals surface area contributed by atoms with E-state index >= 15 is 0 Å². The minimum Gasteiger partial charge on any atom is -0.486 e. The van der Waals surface area contributed by atoms with Gasteiger partial charge in [-0.2, -0.15) is 0 Å². The van der Waals surface area contributed by atoms with Crippen molar-refractivity contribution in [2.45, 2.75) is 13.0 Å². The molecule has 0 radical (unpaired) electrons. The number of carboxylic acid groups (broad SMARTS) is 1. The van der Waals surface area contributed by atoms with Crippen LogP contribution in [0.1, 0.15) is 28.4 Å². The first kappa shape index (κ1) is 14.3. The molecule has 0 saturated carbocycles. The van der Waals surface area contributed by atoms with Crippen molar-refractivity contribution >= 4 is 11.5 Å². The fourth-order valence-corrected chi connectivity index (χ4v) is 2.45. The third kappa shape index (κ3) is 2.45. The molecule has 22 heavy (non-hydrogen) atoms. The first-order valence-corrected chi connectivity index (χ1v) is 6.67. The summed E-state index contributed by atoms with van der Waals surface area (Å²) in [5.74, 6) is -2.43. The number of carbonyl (C=O) groups is 1. The maximum absolute atomic E-state index is 13.5. The molecule has 0 saturated heterocycles. The van der Waals surface area contributed by atoms with Crippen LogP contribution in [0.3, 0.4) is 0 Å². The van der Waals surface area contributed by atoms with Crippen LogP contribution in [0.15, 0.2) is 42.5 Å². The fraction of sp³-hybridized carbons (Fsp3) is 0.118. The number of benzene rings is 2. The van der Waals surface area contributed by atoms with E-state index in [1.807, 2.05) is 6.92 Å². The quantitative estimate of drug-likeness (QED) is 0.916. The van der Waals surface area contributed by atoms with Crippen LogP contribution in [0, 0.1) is 11.6 Å². The van der Waals surface area contributed by atoms with Crippen molar-refractivity contribution in [2.75, 3.05) is 0 Å². The molecule has 1 atom stereocenters. The lowest BCUT2D eigenvalue weighted by Gasteiger charge is -2.24. The Bertz CT molecular complexity index is 796. The van der Waals surface area contributed by atoms with Crippen molar-refractivity contribution < 1.29 is 23.4 Å². The Morgan fingerprint density at radius 1 is 1.14 bits per heavy atom. The Kier molecular flexibility index (Phi) is 3.41. The average Bonchev–Trinajstić information content (AvgIpc) is 2.48. The highest BCUT2D eigenvalue weighted by Crippen LogP contribution is 2.37. The van der Waals surface area contributed by atoms with Crippen molar-refractivity contribution in [1.82, 2.24) is 0 Å². The van der Waals surface area contributed by atoms with E-state index < -0.39 is 17.6 Å². The van der Waals surface area contributed by atoms with Gasteiger partial charge in [-0.1, -0.05) is 6.07 Å². The number of aromatic carboxylic acids is 1. The second kappa shape index (κ2) is 5.26. The number of fused-ring (bicyclic) bond motifs is 1. The van der Waals surface area contributed by atoms with E-state index in [4.69, 9.17) is 9.84 Å². The summed E-state index contributed by atoms with van der Waals surface area (Å²) in [6.07, 6.45) is 1.49. The topological polar surface area (TPSA) is 46.5 Å². The van der Waals surface area contributed by atoms with E-state index in [1.165, 1.54) is 18.2 Å². The molecule has 5 heteroatoms. The molecule has 1 aliphatic heterocycles. The van der Waals surface area contributed by atoms with Crippen molar-refractivity contribution in [3.63, 3.8) is 0 Å². The standard InChI is InChI=1S/C17H12F2O3/c1-9-6-12(10-2-4-14(18)15(19)8-10)13-7-11(17(20)21)3-5-16(13)22-9/h2-9H,1H3,(H,20,21). The van der Waals surface area contributed by atoms with Crippen LogP contribution in [0.25, 0.3) is 5.57 Å². The largest absolute Gasteiger partial charge is 0.486 e. The second-order valence-electron chi connectivity index (χ2n) is 5.05. The lowest BCUT2D eigenvalue weighted by Crippen LogP contribution is -2.16. The monoisotopic (exact) mass is 302 g/mol. The summed E-state index contributed by atoms with van der Waals surface area (Å²) in [5.41, 5.74) is 1.74. The molecule has 112 valence electrons. The molecule has 0 fully saturated rings. The number of hydrogen-bond donors (Lipinski definition) is 1. The Hall–Kier alpha value is -2.69. The molecule has 1 N–H and O–H groups in total. The van der Waals surface area contributed by atoms with Gasteiger partial charge in [0.2, 0.25) is 0 Å². The van der Waals surface area contributed by atoms with Gasteiger partial charge in [0.15, 0.2) is 11.6 Å². The molecule has 0 aromatic heterocycles. The van der Waals surface area contributed by atoms with Crippen molar-refractivity contribution in [3.8, 4) is 5.75 Å². The van der Waals surface area contributed by atoms with Gasteiger partial charge in [0.05, 0.1) is 5.56 Å². The second-order valence-corrected chi connectivity index (χ2v) is 5.05. The lowest BCUT2D eigenvalue weighted by molar-refractivity contribution is 0.0697. The molecule has 0 spiro atoms. The van der Waals surface area contributed by atoms with Crippen molar-refractivity contribution in [2.24, 2.45) is 0 Å². The van der Waals surface area contributed by atoms with Crippen LogP contribution >= 0.6 is 0 Å². The number of halogens is 2. The molecule has 0 amide bonds. The average molecular weight is 302 g/mol. The summed E-state index contributed by atoms with van der Waals surface area (Å²) in [7, 11) is 0. The highest BCUT2D eigenvalue weighted by Gasteiger charge is 2.21. The van der Waals surface area contributed by atoms with Crippen LogP contribution in [0.2, 0.25) is 0 Å². The maximum atomic E-state index is 13.5.